The van der Waals surface area contributed by atoms with E-state index >= 15 is 0 Å². The van der Waals surface area contributed by atoms with Crippen LogP contribution in [0.2, 0.25) is 0 Å². The zero-order chi connectivity index (χ0) is 22.4. The van der Waals surface area contributed by atoms with E-state index in [1.165, 1.54) is 30.5 Å². The van der Waals surface area contributed by atoms with Crippen molar-refractivity contribution in [3.63, 3.8) is 0 Å². The van der Waals surface area contributed by atoms with E-state index in [9.17, 15) is 23.1 Å². The van der Waals surface area contributed by atoms with E-state index in [1.54, 1.807) is 16.4 Å². The molecule has 2 heterocycles. The standard InChI is InChI=1S/C21H25N3O5S2/c1-2-16-6-3-4-13-24(16)31(28,29)17-10-8-15(9-11-17)23-19(25)14-30-20-18(21(26)27)7-5-12-22-20/h5,7-12,16H,2-4,6,13-14H2,1H3,(H,23,25)(H,26,27)/t16-/m0/s1. The highest BCUT2D eigenvalue weighted by Gasteiger charge is 2.32. The molecule has 0 bridgehead atoms. The number of sulfonamides is 1. The van der Waals surface area contributed by atoms with Crippen molar-refractivity contribution in [2.45, 2.75) is 48.6 Å². The minimum absolute atomic E-state index is 0.0245. The molecule has 0 radical (unpaired) electrons. The molecule has 1 saturated heterocycles. The monoisotopic (exact) mass is 463 g/mol. The van der Waals surface area contributed by atoms with E-state index in [-0.39, 0.29) is 33.2 Å². The highest BCUT2D eigenvalue weighted by Crippen LogP contribution is 2.27. The SMILES string of the molecule is CC[C@H]1CCCCN1S(=O)(=O)c1ccc(NC(=O)CSc2ncccc2C(=O)O)cc1. The smallest absolute Gasteiger partial charge is 0.338 e. The number of nitrogens with one attached hydrogen (secondary N) is 1. The first-order valence-electron chi connectivity index (χ1n) is 10.1. The van der Waals surface area contributed by atoms with Crippen LogP contribution in [0, 0.1) is 0 Å². The summed E-state index contributed by atoms with van der Waals surface area (Å²) in [5.74, 6) is -1.47. The van der Waals surface area contributed by atoms with Crippen molar-refractivity contribution in [2.75, 3.05) is 17.6 Å². The number of carboxylic acid groups (broad SMARTS) is 1. The van der Waals surface area contributed by atoms with Crippen LogP contribution in [-0.4, -0.2) is 53.0 Å². The highest BCUT2D eigenvalue weighted by molar-refractivity contribution is 8.00. The Hall–Kier alpha value is -2.43. The number of hydrogen-bond donors (Lipinski definition) is 2. The number of amides is 1. The van der Waals surface area contributed by atoms with Crippen LogP contribution >= 0.6 is 11.8 Å². The minimum atomic E-state index is -3.58. The lowest BCUT2D eigenvalue weighted by Gasteiger charge is -2.34. The lowest BCUT2D eigenvalue weighted by atomic mass is 10.0. The predicted molar refractivity (Wildman–Crippen MR) is 119 cm³/mol. The highest BCUT2D eigenvalue weighted by atomic mass is 32.2. The second-order valence-electron chi connectivity index (χ2n) is 7.20. The molecule has 2 aromatic rings. The number of carboxylic acids is 1. The molecule has 2 N–H and O–H groups in total. The zero-order valence-electron chi connectivity index (χ0n) is 17.2. The van der Waals surface area contributed by atoms with Crippen LogP contribution in [0.25, 0.3) is 0 Å². The fourth-order valence-corrected chi connectivity index (χ4v) is 6.10. The maximum Gasteiger partial charge on any atom is 0.338 e. The number of thioether (sulfide) groups is 1. The molecule has 1 aromatic carbocycles. The van der Waals surface area contributed by atoms with Crippen molar-refractivity contribution in [1.82, 2.24) is 9.29 Å². The zero-order valence-corrected chi connectivity index (χ0v) is 18.8. The maximum atomic E-state index is 13.0. The van der Waals surface area contributed by atoms with E-state index in [2.05, 4.69) is 10.3 Å². The normalized spacial score (nSPS) is 17.3. The van der Waals surface area contributed by atoms with Crippen molar-refractivity contribution in [3.8, 4) is 0 Å². The number of anilines is 1. The summed E-state index contributed by atoms with van der Waals surface area (Å²) in [5, 5.41) is 12.1. The number of hydrogen-bond acceptors (Lipinski definition) is 6. The number of benzene rings is 1. The van der Waals surface area contributed by atoms with Gasteiger partial charge in [-0.1, -0.05) is 25.1 Å². The van der Waals surface area contributed by atoms with Gasteiger partial charge in [0.25, 0.3) is 0 Å². The molecule has 8 nitrogen and oxygen atoms in total. The second-order valence-corrected chi connectivity index (χ2v) is 10.1. The predicted octanol–water partition coefficient (Wildman–Crippen LogP) is 3.46. The summed E-state index contributed by atoms with van der Waals surface area (Å²) in [4.78, 5) is 27.7. The Labute approximate surface area is 186 Å². The third-order valence-electron chi connectivity index (χ3n) is 5.13. The molecule has 0 saturated carbocycles. The van der Waals surface area contributed by atoms with Crippen LogP contribution in [0.5, 0.6) is 0 Å². The van der Waals surface area contributed by atoms with Crippen LogP contribution in [0.15, 0.2) is 52.5 Å². The summed E-state index contributed by atoms with van der Waals surface area (Å²) in [6.45, 7) is 2.53. The fourth-order valence-electron chi connectivity index (χ4n) is 3.54. The molecule has 1 amide bonds. The van der Waals surface area contributed by atoms with Gasteiger partial charge >= 0.3 is 5.97 Å². The molecule has 1 fully saturated rings. The van der Waals surface area contributed by atoms with Gasteiger partial charge in [0.1, 0.15) is 5.03 Å². The average molecular weight is 464 g/mol. The largest absolute Gasteiger partial charge is 0.478 e. The number of pyridine rings is 1. The van der Waals surface area contributed by atoms with Crippen molar-refractivity contribution >= 4 is 39.3 Å². The lowest BCUT2D eigenvalue weighted by molar-refractivity contribution is -0.113. The molecule has 1 atom stereocenters. The van der Waals surface area contributed by atoms with Crippen molar-refractivity contribution in [3.05, 3.63) is 48.2 Å². The molecule has 166 valence electrons. The number of rotatable bonds is 8. The van der Waals surface area contributed by atoms with Gasteiger partial charge in [0.2, 0.25) is 15.9 Å². The Balaban J connectivity index is 1.63. The van der Waals surface area contributed by atoms with E-state index < -0.39 is 16.0 Å². The first-order valence-corrected chi connectivity index (χ1v) is 12.5. The molecule has 3 rings (SSSR count). The lowest BCUT2D eigenvalue weighted by Crippen LogP contribution is -2.43. The van der Waals surface area contributed by atoms with Crippen LogP contribution in [0.3, 0.4) is 0 Å². The van der Waals surface area contributed by atoms with Crippen LogP contribution < -0.4 is 5.32 Å². The Morgan fingerprint density at radius 2 is 1.97 bits per heavy atom. The summed E-state index contributed by atoms with van der Waals surface area (Å²) in [7, 11) is -3.58. The number of nitrogens with zero attached hydrogens (tertiary/aromatic N) is 2. The first-order chi connectivity index (χ1) is 14.8. The maximum absolute atomic E-state index is 13.0. The fraction of sp³-hybridized carbons (Fsp3) is 0.381. The summed E-state index contributed by atoms with van der Waals surface area (Å²) < 4.78 is 27.6. The van der Waals surface area contributed by atoms with Gasteiger partial charge in [0.15, 0.2) is 0 Å². The molecular formula is C21H25N3O5S2. The van der Waals surface area contributed by atoms with Gasteiger partial charge < -0.3 is 10.4 Å². The first kappa shape index (κ1) is 23.2. The van der Waals surface area contributed by atoms with E-state index in [0.717, 1.165) is 37.4 Å². The molecule has 0 spiro atoms. The molecule has 0 unspecified atom stereocenters. The van der Waals surface area contributed by atoms with Gasteiger partial charge in [-0.15, -0.1) is 0 Å². The third-order valence-corrected chi connectivity index (χ3v) is 8.10. The van der Waals surface area contributed by atoms with E-state index in [4.69, 9.17) is 0 Å². The summed E-state index contributed by atoms with van der Waals surface area (Å²) in [6, 6.07) is 9.10. The van der Waals surface area contributed by atoms with Gasteiger partial charge in [-0.05, 0) is 55.7 Å². The summed E-state index contributed by atoms with van der Waals surface area (Å²) in [6.07, 6.45) is 5.03. The quantitative estimate of drug-likeness (QED) is 0.576. The number of piperidine rings is 1. The van der Waals surface area contributed by atoms with E-state index in [1.807, 2.05) is 6.92 Å². The second kappa shape index (κ2) is 10.3. The van der Waals surface area contributed by atoms with Gasteiger partial charge in [-0.25, -0.2) is 18.2 Å². The minimum Gasteiger partial charge on any atom is -0.478 e. The van der Waals surface area contributed by atoms with Crippen molar-refractivity contribution in [1.29, 1.82) is 0 Å². The Morgan fingerprint density at radius 3 is 2.65 bits per heavy atom. The molecule has 31 heavy (non-hydrogen) atoms. The Morgan fingerprint density at radius 1 is 1.23 bits per heavy atom. The summed E-state index contributed by atoms with van der Waals surface area (Å²) in [5.41, 5.74) is 0.507. The number of aromatic nitrogens is 1. The molecule has 1 aliphatic rings. The van der Waals surface area contributed by atoms with Crippen LogP contribution in [0.1, 0.15) is 43.0 Å². The van der Waals surface area contributed by atoms with Gasteiger partial charge in [0, 0.05) is 24.5 Å². The van der Waals surface area contributed by atoms with Gasteiger partial charge in [-0.3, -0.25) is 4.79 Å². The van der Waals surface area contributed by atoms with Crippen LogP contribution in [0.4, 0.5) is 5.69 Å². The molecule has 1 aromatic heterocycles. The molecule has 1 aliphatic heterocycles. The topological polar surface area (TPSA) is 117 Å². The Bertz CT molecular complexity index is 1040. The molecule has 0 aliphatic carbocycles. The average Bonchev–Trinajstić information content (AvgIpc) is 2.78. The van der Waals surface area contributed by atoms with Crippen LogP contribution in [-0.2, 0) is 14.8 Å². The van der Waals surface area contributed by atoms with Gasteiger partial charge in [-0.2, -0.15) is 4.31 Å². The Kier molecular flexibility index (Phi) is 7.69. The molecule has 10 heteroatoms. The van der Waals surface area contributed by atoms with Crippen molar-refractivity contribution < 1.29 is 23.1 Å². The third kappa shape index (κ3) is 5.63. The van der Waals surface area contributed by atoms with Crippen molar-refractivity contribution in [2.24, 2.45) is 0 Å². The summed E-state index contributed by atoms with van der Waals surface area (Å²) >= 11 is 1.03. The number of carbonyl (C=O) groups is 2. The van der Waals surface area contributed by atoms with Gasteiger partial charge in [0.05, 0.1) is 16.2 Å². The van der Waals surface area contributed by atoms with E-state index in [0.29, 0.717) is 12.2 Å². The number of aromatic carboxylic acids is 1. The number of carbonyl (C=O) groups excluding carboxylic acids is 1. The molecular weight excluding hydrogens is 438 g/mol.